The number of rotatable bonds is 2. The van der Waals surface area contributed by atoms with Gasteiger partial charge in [-0.25, -0.2) is 4.79 Å². The van der Waals surface area contributed by atoms with Crippen molar-refractivity contribution < 1.29 is 14.6 Å². The first-order valence-electron chi connectivity index (χ1n) is 5.26. The van der Waals surface area contributed by atoms with Crippen LogP contribution in [0, 0.1) is 0 Å². The lowest BCUT2D eigenvalue weighted by atomic mass is 10.1. The van der Waals surface area contributed by atoms with Crippen molar-refractivity contribution >= 4 is 11.8 Å². The van der Waals surface area contributed by atoms with Gasteiger partial charge in [0.1, 0.15) is 11.4 Å². The molecule has 0 aliphatic rings. The summed E-state index contributed by atoms with van der Waals surface area (Å²) in [5.74, 6) is 0.166. The highest BCUT2D eigenvalue weighted by Crippen LogP contribution is 2.15. The number of hydrogen-bond acceptors (Lipinski definition) is 3. The highest BCUT2D eigenvalue weighted by molar-refractivity contribution is 5.81. The summed E-state index contributed by atoms with van der Waals surface area (Å²) in [5, 5.41) is 11.7. The number of carbonyl (C=O) groups is 1. The molecule has 1 aromatic rings. The quantitative estimate of drug-likeness (QED) is 0.828. The van der Waals surface area contributed by atoms with Crippen molar-refractivity contribution in [3.8, 4) is 5.75 Å². The summed E-state index contributed by atoms with van der Waals surface area (Å²) in [4.78, 5) is 11.5. The predicted molar refractivity (Wildman–Crippen MR) is 66.5 cm³/mol. The van der Waals surface area contributed by atoms with Gasteiger partial charge in [-0.3, -0.25) is 5.32 Å². The van der Waals surface area contributed by atoms with E-state index in [1.54, 1.807) is 32.9 Å². The lowest BCUT2D eigenvalue weighted by molar-refractivity contribution is 0.0558. The van der Waals surface area contributed by atoms with Crippen LogP contribution in [0.3, 0.4) is 0 Å². The highest BCUT2D eigenvalue weighted by atomic mass is 16.6. The first-order valence-corrected chi connectivity index (χ1v) is 5.26. The van der Waals surface area contributed by atoms with E-state index in [1.165, 1.54) is 12.1 Å². The summed E-state index contributed by atoms with van der Waals surface area (Å²) in [6, 6.07) is 6.37. The molecule has 4 heteroatoms. The normalized spacial score (nSPS) is 10.8. The molecule has 0 spiro atoms. The number of carbonyl (C=O) groups excluding carboxylic acids is 1. The number of amides is 1. The molecular formula is C13H17NO3. The van der Waals surface area contributed by atoms with Crippen molar-refractivity contribution in [1.29, 1.82) is 0 Å². The minimum atomic E-state index is -0.546. The predicted octanol–water partition coefficient (Wildman–Crippen LogP) is 2.89. The minimum absolute atomic E-state index is 0.166. The standard InChI is InChI=1S/C13H17NO3/c1-9(10-5-7-11(15)8-6-10)14-12(16)17-13(2,3)4/h5-8,15H,1H2,2-4H3,(H,14,16). The van der Waals surface area contributed by atoms with Crippen molar-refractivity contribution in [2.75, 3.05) is 0 Å². The zero-order chi connectivity index (χ0) is 13.1. The number of phenolic OH excluding ortho intramolecular Hbond substituents is 1. The van der Waals surface area contributed by atoms with Crippen molar-refractivity contribution in [2.24, 2.45) is 0 Å². The summed E-state index contributed by atoms with van der Waals surface area (Å²) < 4.78 is 5.09. The largest absolute Gasteiger partial charge is 0.508 e. The number of alkyl carbamates (subject to hydrolysis) is 1. The number of ether oxygens (including phenoxy) is 1. The van der Waals surface area contributed by atoms with Crippen LogP contribution in [-0.4, -0.2) is 16.8 Å². The molecule has 0 saturated carbocycles. The molecule has 0 aromatic heterocycles. The molecule has 1 rings (SSSR count). The van der Waals surface area contributed by atoms with Gasteiger partial charge in [0.15, 0.2) is 0 Å². The average Bonchev–Trinajstić information content (AvgIpc) is 2.15. The smallest absolute Gasteiger partial charge is 0.412 e. The van der Waals surface area contributed by atoms with E-state index in [0.29, 0.717) is 11.3 Å². The van der Waals surface area contributed by atoms with Gasteiger partial charge in [-0.1, -0.05) is 6.58 Å². The average molecular weight is 235 g/mol. The molecule has 0 radical (unpaired) electrons. The Morgan fingerprint density at radius 3 is 2.29 bits per heavy atom. The summed E-state index contributed by atoms with van der Waals surface area (Å²) in [6.07, 6.45) is -0.546. The third-order valence-electron chi connectivity index (χ3n) is 1.87. The molecular weight excluding hydrogens is 218 g/mol. The Morgan fingerprint density at radius 1 is 1.29 bits per heavy atom. The van der Waals surface area contributed by atoms with E-state index in [2.05, 4.69) is 11.9 Å². The van der Waals surface area contributed by atoms with Crippen LogP contribution in [0.4, 0.5) is 4.79 Å². The number of benzene rings is 1. The van der Waals surface area contributed by atoms with Gasteiger partial charge in [0.25, 0.3) is 0 Å². The van der Waals surface area contributed by atoms with E-state index in [1.807, 2.05) is 0 Å². The number of aromatic hydroxyl groups is 1. The van der Waals surface area contributed by atoms with Crippen molar-refractivity contribution in [3.05, 3.63) is 36.4 Å². The van der Waals surface area contributed by atoms with E-state index in [4.69, 9.17) is 9.84 Å². The minimum Gasteiger partial charge on any atom is -0.508 e. The molecule has 1 aromatic carbocycles. The molecule has 0 fully saturated rings. The third kappa shape index (κ3) is 4.59. The summed E-state index contributed by atoms with van der Waals surface area (Å²) in [6.45, 7) is 9.09. The maximum atomic E-state index is 11.5. The fourth-order valence-electron chi connectivity index (χ4n) is 1.16. The van der Waals surface area contributed by atoms with Crippen LogP contribution in [0.15, 0.2) is 30.8 Å². The van der Waals surface area contributed by atoms with Gasteiger partial charge in [0, 0.05) is 5.70 Å². The molecule has 0 saturated heterocycles. The Morgan fingerprint density at radius 2 is 1.82 bits per heavy atom. The van der Waals surface area contributed by atoms with E-state index in [0.717, 1.165) is 0 Å². The molecule has 0 aliphatic heterocycles. The van der Waals surface area contributed by atoms with Crippen molar-refractivity contribution in [1.82, 2.24) is 5.32 Å². The van der Waals surface area contributed by atoms with E-state index in [9.17, 15) is 4.79 Å². The Labute approximate surface area is 101 Å². The van der Waals surface area contributed by atoms with Crippen LogP contribution in [0.2, 0.25) is 0 Å². The van der Waals surface area contributed by atoms with Crippen LogP contribution in [0.5, 0.6) is 5.75 Å². The molecule has 17 heavy (non-hydrogen) atoms. The van der Waals surface area contributed by atoms with Gasteiger partial charge in [-0.2, -0.15) is 0 Å². The van der Waals surface area contributed by atoms with Crippen LogP contribution < -0.4 is 5.32 Å². The molecule has 92 valence electrons. The molecule has 4 nitrogen and oxygen atoms in total. The third-order valence-corrected chi connectivity index (χ3v) is 1.87. The maximum absolute atomic E-state index is 11.5. The molecule has 0 unspecified atom stereocenters. The molecule has 2 N–H and O–H groups in total. The molecule has 0 heterocycles. The zero-order valence-electron chi connectivity index (χ0n) is 10.3. The number of phenols is 1. The molecule has 0 aliphatic carbocycles. The summed E-state index contributed by atoms with van der Waals surface area (Å²) in [5.41, 5.74) is 0.604. The fraction of sp³-hybridized carbons (Fsp3) is 0.308. The fourth-order valence-corrected chi connectivity index (χ4v) is 1.16. The van der Waals surface area contributed by atoms with Crippen molar-refractivity contribution in [2.45, 2.75) is 26.4 Å². The summed E-state index contributed by atoms with van der Waals surface area (Å²) >= 11 is 0. The van der Waals surface area contributed by atoms with Gasteiger partial charge < -0.3 is 9.84 Å². The number of nitrogens with one attached hydrogen (secondary N) is 1. The van der Waals surface area contributed by atoms with Gasteiger partial charge >= 0.3 is 6.09 Å². The van der Waals surface area contributed by atoms with Crippen LogP contribution in [0.25, 0.3) is 5.70 Å². The summed E-state index contributed by atoms with van der Waals surface area (Å²) in [7, 11) is 0. The first-order chi connectivity index (χ1) is 7.78. The van der Waals surface area contributed by atoms with E-state index < -0.39 is 11.7 Å². The number of hydrogen-bond donors (Lipinski definition) is 2. The topological polar surface area (TPSA) is 58.6 Å². The van der Waals surface area contributed by atoms with Gasteiger partial charge in [0.2, 0.25) is 0 Å². The zero-order valence-corrected chi connectivity index (χ0v) is 10.3. The monoisotopic (exact) mass is 235 g/mol. The Bertz CT molecular complexity index is 415. The lowest BCUT2D eigenvalue weighted by Gasteiger charge is -2.20. The highest BCUT2D eigenvalue weighted by Gasteiger charge is 2.16. The van der Waals surface area contributed by atoms with Gasteiger partial charge in [0.05, 0.1) is 0 Å². The molecule has 0 atom stereocenters. The van der Waals surface area contributed by atoms with Crippen molar-refractivity contribution in [3.63, 3.8) is 0 Å². The van der Waals surface area contributed by atoms with Crippen LogP contribution >= 0.6 is 0 Å². The maximum Gasteiger partial charge on any atom is 0.412 e. The van der Waals surface area contributed by atoms with Crippen LogP contribution in [-0.2, 0) is 4.74 Å². The first kappa shape index (κ1) is 13.1. The van der Waals surface area contributed by atoms with E-state index >= 15 is 0 Å². The Hall–Kier alpha value is -1.97. The van der Waals surface area contributed by atoms with E-state index in [-0.39, 0.29) is 5.75 Å². The second-order valence-corrected chi connectivity index (χ2v) is 4.65. The van der Waals surface area contributed by atoms with Gasteiger partial charge in [-0.15, -0.1) is 0 Å². The SMILES string of the molecule is C=C(NC(=O)OC(C)(C)C)c1ccc(O)cc1. The molecule has 1 amide bonds. The Balaban J connectivity index is 2.61. The van der Waals surface area contributed by atoms with Crippen LogP contribution in [0.1, 0.15) is 26.3 Å². The Kier molecular flexibility index (Phi) is 3.78. The second-order valence-electron chi connectivity index (χ2n) is 4.65. The lowest BCUT2D eigenvalue weighted by Crippen LogP contribution is -2.31. The van der Waals surface area contributed by atoms with Gasteiger partial charge in [-0.05, 0) is 50.6 Å². The second kappa shape index (κ2) is 4.91. The molecule has 0 bridgehead atoms.